The molecule has 0 aliphatic carbocycles. The molecule has 9 aromatic heterocycles. The van der Waals surface area contributed by atoms with Crippen LogP contribution in [-0.4, -0.2) is 118 Å². The molecule has 3 aliphatic heterocycles. The largest absolute Gasteiger partial charge is 0.416 e. The zero-order valence-electron chi connectivity index (χ0n) is 40.7. The minimum Gasteiger partial charge on any atom is -0.356 e. The molecule has 3 aliphatic rings. The molecule has 9 N–H and O–H groups in total. The first-order valence-electron chi connectivity index (χ1n) is 24.6. The Morgan fingerprint density at radius 3 is 1.30 bits per heavy atom. The maximum Gasteiger partial charge on any atom is 0.416 e. The van der Waals surface area contributed by atoms with Gasteiger partial charge < -0.3 is 31.9 Å². The number of rotatable bonds is 7. The number of aromatic nitrogens is 12. The van der Waals surface area contributed by atoms with Gasteiger partial charge in [0.25, 0.3) is 0 Å². The number of nitrogens with one attached hydrogen (secondary N) is 3. The topological polar surface area (TPSA) is 251 Å². The average molecular weight is 1010 g/mol. The third-order valence-electron chi connectivity index (χ3n) is 13.6. The molecule has 3 fully saturated rings. The fraction of sp³-hybridized carbons (Fsp3) is 0.327. The molecule has 0 saturated carbocycles. The summed E-state index contributed by atoms with van der Waals surface area (Å²) in [5.74, 6) is 1.55. The van der Waals surface area contributed by atoms with Crippen LogP contribution in [0.3, 0.4) is 0 Å². The number of hydrogen-bond donors (Lipinski definition) is 6. The molecule has 3 saturated heterocycles. The Bertz CT molecular complexity index is 3400. The highest BCUT2D eigenvalue weighted by Gasteiger charge is 2.33. The maximum atomic E-state index is 13.9. The van der Waals surface area contributed by atoms with E-state index in [4.69, 9.17) is 27.2 Å². The van der Waals surface area contributed by atoms with Crippen molar-refractivity contribution < 1.29 is 17.6 Å². The second-order valence-corrected chi connectivity index (χ2v) is 18.9. The number of nitrogens with zero attached hydrogens (tertiary/aromatic N) is 12. The van der Waals surface area contributed by atoms with Gasteiger partial charge in [-0.1, -0.05) is 6.58 Å². The Balaban J connectivity index is 0.000000127. The Morgan fingerprint density at radius 2 is 0.905 bits per heavy atom. The lowest BCUT2D eigenvalue weighted by Gasteiger charge is -2.31. The molecule has 0 spiro atoms. The van der Waals surface area contributed by atoms with Gasteiger partial charge in [0.05, 0.1) is 39.7 Å². The molecule has 382 valence electrons. The summed E-state index contributed by atoms with van der Waals surface area (Å²) in [5.41, 5.74) is 24.3. The molecule has 0 atom stereocenters. The van der Waals surface area contributed by atoms with Crippen molar-refractivity contribution in [2.24, 2.45) is 17.2 Å². The number of pyridine rings is 6. The number of nitrogens with two attached hydrogens (primary N) is 3. The highest BCUT2D eigenvalue weighted by Crippen LogP contribution is 2.36. The summed E-state index contributed by atoms with van der Waals surface area (Å²) in [6, 6.07) is 21.5. The minimum absolute atomic E-state index is 0.0825. The van der Waals surface area contributed by atoms with Crippen molar-refractivity contribution in [3.05, 3.63) is 115 Å². The number of aromatic amines is 3. The number of alkyl halides is 3. The summed E-state index contributed by atoms with van der Waals surface area (Å²) in [5, 5.41) is 23.8. The Labute approximate surface area is 422 Å². The van der Waals surface area contributed by atoms with E-state index in [-0.39, 0.29) is 17.8 Å². The van der Waals surface area contributed by atoms with Crippen LogP contribution in [0, 0.1) is 6.92 Å². The average Bonchev–Trinajstić information content (AvgIpc) is 4.17. The van der Waals surface area contributed by atoms with Gasteiger partial charge in [0.15, 0.2) is 16.9 Å². The Morgan fingerprint density at radius 1 is 0.541 bits per heavy atom. The van der Waals surface area contributed by atoms with Crippen molar-refractivity contribution >= 4 is 56.4 Å². The third-order valence-corrected chi connectivity index (χ3v) is 13.6. The summed E-state index contributed by atoms with van der Waals surface area (Å²) in [4.78, 5) is 33.0. The normalized spacial score (nSPS) is 16.1. The van der Waals surface area contributed by atoms with Gasteiger partial charge in [0.2, 0.25) is 0 Å². The summed E-state index contributed by atoms with van der Waals surface area (Å²) in [6.07, 6.45) is 5.82. The molecule has 0 bridgehead atoms. The van der Waals surface area contributed by atoms with Crippen LogP contribution in [0.5, 0.6) is 0 Å². The zero-order chi connectivity index (χ0) is 51.5. The lowest BCUT2D eigenvalue weighted by Crippen LogP contribution is -2.40. The van der Waals surface area contributed by atoms with Gasteiger partial charge in [-0.2, -0.15) is 28.5 Å². The minimum atomic E-state index is -4.47. The van der Waals surface area contributed by atoms with Crippen molar-refractivity contribution in [3.8, 4) is 34.2 Å². The second kappa shape index (κ2) is 21.3. The number of aryl methyl sites for hydroxylation is 1. The number of fused-ring (bicyclic) bond motifs is 3. The van der Waals surface area contributed by atoms with Crippen LogP contribution in [0.25, 0.3) is 73.1 Å². The van der Waals surface area contributed by atoms with E-state index in [1.807, 2.05) is 29.2 Å². The fourth-order valence-corrected chi connectivity index (χ4v) is 9.39. The molecule has 18 nitrogen and oxygen atoms in total. The van der Waals surface area contributed by atoms with E-state index >= 15 is 0 Å². The van der Waals surface area contributed by atoms with Gasteiger partial charge in [-0.25, -0.2) is 34.3 Å². The van der Waals surface area contributed by atoms with Crippen LogP contribution in [0.15, 0.2) is 98.0 Å². The Kier molecular flexibility index (Phi) is 14.3. The summed E-state index contributed by atoms with van der Waals surface area (Å²) < 4.78 is 54.2. The van der Waals surface area contributed by atoms with E-state index in [1.54, 1.807) is 42.9 Å². The predicted molar refractivity (Wildman–Crippen MR) is 280 cm³/mol. The van der Waals surface area contributed by atoms with E-state index < -0.39 is 17.6 Å². The number of halogens is 4. The smallest absolute Gasteiger partial charge is 0.356 e. The van der Waals surface area contributed by atoms with Crippen LogP contribution >= 0.6 is 0 Å². The van der Waals surface area contributed by atoms with Crippen LogP contribution in [0.2, 0.25) is 0 Å². The van der Waals surface area contributed by atoms with E-state index in [9.17, 15) is 17.6 Å². The van der Waals surface area contributed by atoms with Crippen LogP contribution in [-0.2, 0) is 6.18 Å². The molecule has 22 heteroatoms. The predicted octanol–water partition coefficient (Wildman–Crippen LogP) is 8.11. The van der Waals surface area contributed by atoms with Crippen molar-refractivity contribution in [2.45, 2.75) is 69.8 Å². The lowest BCUT2D eigenvalue weighted by molar-refractivity contribution is -0.137. The second-order valence-electron chi connectivity index (χ2n) is 18.9. The SMILES string of the molecule is C=C(F)c1cc(-c2[nH]nc3ncccc23)nc(N2CCC(N)CC2)c1.Cc1cc(-c2[nH]nc3ncccc23)nc(N2CCC(N)CC2)c1.NC1CCN(c2cc(C(F)(F)F)cc(-c3[nH]nc4ncccc34)n2)CC1. The molecule has 0 unspecified atom stereocenters. The monoisotopic (exact) mass is 1010 g/mol. The molecule has 12 heterocycles. The van der Waals surface area contributed by atoms with Gasteiger partial charge in [-0.3, -0.25) is 15.3 Å². The summed E-state index contributed by atoms with van der Waals surface area (Å²) in [6.45, 7) is 10.2. The van der Waals surface area contributed by atoms with Crippen molar-refractivity contribution in [1.29, 1.82) is 0 Å². The van der Waals surface area contributed by atoms with E-state index in [0.29, 0.717) is 58.6 Å². The standard InChI is InChI=1S/C18H19FN6.C17H17F3N6.C17H20N6/c1-11(19)12-9-15(17-14-3-2-6-21-18(14)24-23-17)22-16(10-12)25-7-4-13(20)5-8-25;18-17(19,20)10-8-13(15-12-2-1-5-22-16(12)25-24-15)23-14(9-10)26-6-3-11(21)4-7-26;1-11-9-14(16-13-3-2-6-19-17(13)22-21-16)20-15(10-11)23-7-4-12(18)5-8-23/h2-3,6,9-10,13H,1,4-5,7-8,20H2,(H,21,23,24);1-2,5,8-9,11H,3-4,6-7,21H2,(H,22,24,25);2-3,6,9-10,12H,4-5,7-8,18H2,1H3,(H,19,21,22). The van der Waals surface area contributed by atoms with Crippen molar-refractivity contribution in [2.75, 3.05) is 54.0 Å². The molecule has 0 aromatic carbocycles. The van der Waals surface area contributed by atoms with Crippen molar-refractivity contribution in [3.63, 3.8) is 0 Å². The van der Waals surface area contributed by atoms with Gasteiger partial charge >= 0.3 is 6.18 Å². The first-order chi connectivity index (χ1) is 35.7. The molecule has 0 amide bonds. The van der Waals surface area contributed by atoms with Gasteiger partial charge in [-0.15, -0.1) is 0 Å². The fourth-order valence-electron chi connectivity index (χ4n) is 9.39. The van der Waals surface area contributed by atoms with Gasteiger partial charge in [0.1, 0.15) is 23.3 Å². The third kappa shape index (κ3) is 11.0. The highest BCUT2D eigenvalue weighted by atomic mass is 19.4. The van der Waals surface area contributed by atoms with Crippen LogP contribution in [0.1, 0.15) is 55.2 Å². The molecular weight excluding hydrogens is 953 g/mol. The Hall–Kier alpha value is -7.95. The number of H-pyrrole nitrogens is 3. The number of piperidine rings is 3. The zero-order valence-corrected chi connectivity index (χ0v) is 40.7. The molecule has 0 radical (unpaired) electrons. The van der Waals surface area contributed by atoms with Gasteiger partial charge in [-0.05, 0) is 124 Å². The highest BCUT2D eigenvalue weighted by molar-refractivity contribution is 5.92. The summed E-state index contributed by atoms with van der Waals surface area (Å²) >= 11 is 0. The maximum absolute atomic E-state index is 13.9. The molecule has 9 aromatic rings. The molecular formula is C52H56F4N18. The summed E-state index contributed by atoms with van der Waals surface area (Å²) in [7, 11) is 0. The number of hydrogen-bond acceptors (Lipinski definition) is 15. The van der Waals surface area contributed by atoms with E-state index in [2.05, 4.69) is 86.0 Å². The first kappa shape index (κ1) is 49.6. The van der Waals surface area contributed by atoms with Crippen LogP contribution < -0.4 is 31.9 Å². The molecule has 12 rings (SSSR count). The first-order valence-corrected chi connectivity index (χ1v) is 24.6. The lowest BCUT2D eigenvalue weighted by atomic mass is 10.1. The quantitative estimate of drug-likeness (QED) is 0.0825. The van der Waals surface area contributed by atoms with Crippen molar-refractivity contribution in [1.82, 2.24) is 60.5 Å². The van der Waals surface area contributed by atoms with E-state index in [0.717, 1.165) is 122 Å². The van der Waals surface area contributed by atoms with Crippen LogP contribution in [0.4, 0.5) is 35.0 Å². The number of anilines is 3. The molecule has 74 heavy (non-hydrogen) atoms. The van der Waals surface area contributed by atoms with Gasteiger partial charge in [0, 0.05) is 97.7 Å². The van der Waals surface area contributed by atoms with E-state index in [1.165, 1.54) is 5.56 Å².